The molecule has 4 heterocycles. The van der Waals surface area contributed by atoms with Crippen LogP contribution in [0.2, 0.25) is 0 Å². The van der Waals surface area contributed by atoms with E-state index in [1.54, 1.807) is 25.4 Å². The number of nitrogens with one attached hydrogen (secondary N) is 1. The zero-order valence-electron chi connectivity index (χ0n) is 19.8. The van der Waals surface area contributed by atoms with E-state index < -0.39 is 18.4 Å². The zero-order valence-corrected chi connectivity index (χ0v) is 19.8. The highest BCUT2D eigenvalue weighted by Gasteiger charge is 2.36. The van der Waals surface area contributed by atoms with Crippen molar-refractivity contribution in [3.05, 3.63) is 48.3 Å². The minimum absolute atomic E-state index is 0.286. The summed E-state index contributed by atoms with van der Waals surface area (Å²) in [5, 5.41) is 1.21. The first-order valence-corrected chi connectivity index (χ1v) is 11.3. The van der Waals surface area contributed by atoms with Gasteiger partial charge in [0, 0.05) is 31.4 Å². The third-order valence-electron chi connectivity index (χ3n) is 6.03. The summed E-state index contributed by atoms with van der Waals surface area (Å²) in [6.45, 7) is 6.38. The Labute approximate surface area is 200 Å². The van der Waals surface area contributed by atoms with Crippen molar-refractivity contribution in [3.63, 3.8) is 0 Å². The molecule has 1 unspecified atom stereocenters. The van der Waals surface area contributed by atoms with E-state index in [0.717, 1.165) is 23.6 Å². The van der Waals surface area contributed by atoms with Gasteiger partial charge in [-0.15, -0.1) is 0 Å². The summed E-state index contributed by atoms with van der Waals surface area (Å²) in [4.78, 5) is 35.1. The number of fused-ring (bicyclic) bond motifs is 2. The van der Waals surface area contributed by atoms with Crippen molar-refractivity contribution in [3.8, 4) is 22.6 Å². The molecule has 0 spiro atoms. The van der Waals surface area contributed by atoms with E-state index in [-0.39, 0.29) is 5.91 Å². The molecule has 9 nitrogen and oxygen atoms in total. The van der Waals surface area contributed by atoms with E-state index in [0.29, 0.717) is 40.7 Å². The molecular weight excluding hydrogens is 454 g/mol. The number of hydrogen-bond donors (Lipinski definition) is 1. The van der Waals surface area contributed by atoms with Crippen LogP contribution in [0.4, 0.5) is 14.5 Å². The Hall–Kier alpha value is -3.86. The Kier molecular flexibility index (Phi) is 5.51. The van der Waals surface area contributed by atoms with Crippen molar-refractivity contribution < 1.29 is 13.6 Å². The Morgan fingerprint density at radius 2 is 1.86 bits per heavy atom. The van der Waals surface area contributed by atoms with Crippen molar-refractivity contribution in [2.75, 3.05) is 11.6 Å². The molecule has 0 bridgehead atoms. The van der Waals surface area contributed by atoms with E-state index in [1.165, 1.54) is 11.3 Å². The second kappa shape index (κ2) is 8.42. The average molecular weight is 479 g/mol. The Bertz CT molecular complexity index is 1430. The molecule has 0 aliphatic carbocycles. The third kappa shape index (κ3) is 4.01. The highest BCUT2D eigenvalue weighted by Crippen LogP contribution is 2.39. The molecule has 5 rings (SSSR count). The van der Waals surface area contributed by atoms with Crippen LogP contribution in [0.1, 0.15) is 38.1 Å². The van der Waals surface area contributed by atoms with Crippen LogP contribution in [0.25, 0.3) is 33.8 Å². The van der Waals surface area contributed by atoms with Crippen molar-refractivity contribution in [1.82, 2.24) is 34.9 Å². The summed E-state index contributed by atoms with van der Waals surface area (Å²) >= 11 is 0. The van der Waals surface area contributed by atoms with Crippen LogP contribution in [-0.2, 0) is 11.3 Å². The van der Waals surface area contributed by atoms with E-state index in [4.69, 9.17) is 4.98 Å². The summed E-state index contributed by atoms with van der Waals surface area (Å²) in [6.07, 6.45) is 4.94. The molecule has 1 N–H and O–H groups in total. The highest BCUT2D eigenvalue weighted by atomic mass is 19.3. The normalized spacial score (nSPS) is 15.8. The molecular formula is C24H24F2N8O. The van der Waals surface area contributed by atoms with Gasteiger partial charge < -0.3 is 4.57 Å². The first-order chi connectivity index (χ1) is 16.7. The van der Waals surface area contributed by atoms with Crippen LogP contribution in [0, 0.1) is 6.92 Å². The van der Waals surface area contributed by atoms with Gasteiger partial charge in [0.25, 0.3) is 5.92 Å². The summed E-state index contributed by atoms with van der Waals surface area (Å²) in [5.74, 6) is -2.37. The molecule has 0 fully saturated rings. The molecule has 11 heteroatoms. The van der Waals surface area contributed by atoms with E-state index in [1.807, 2.05) is 30.5 Å². The van der Waals surface area contributed by atoms with Crippen molar-refractivity contribution in [2.45, 2.75) is 46.1 Å². The van der Waals surface area contributed by atoms with Gasteiger partial charge in [0.1, 0.15) is 29.2 Å². The lowest BCUT2D eigenvalue weighted by molar-refractivity contribution is -0.119. The lowest BCUT2D eigenvalue weighted by Gasteiger charge is -2.21. The lowest BCUT2D eigenvalue weighted by atomic mass is 9.99. The van der Waals surface area contributed by atoms with Crippen LogP contribution in [-0.4, -0.2) is 47.9 Å². The first kappa shape index (κ1) is 22.9. The number of alkyl halides is 2. The fraction of sp³-hybridized carbons (Fsp3) is 0.333. The number of benzene rings is 1. The number of halogens is 2. The SMILES string of the molecule is CCn1c(-c2cnc(C)nc2)nc2c(-c3ccc4c(c3)C(C)C(=O)N4NCC(C)(F)F)ncnc21. The average Bonchev–Trinajstić information content (AvgIpc) is 3.32. The number of imidazole rings is 1. The molecule has 1 aliphatic rings. The smallest absolute Gasteiger partial charge is 0.259 e. The molecule has 4 aromatic rings. The minimum Gasteiger partial charge on any atom is -0.309 e. The summed E-state index contributed by atoms with van der Waals surface area (Å²) < 4.78 is 28.7. The van der Waals surface area contributed by atoms with Gasteiger partial charge in [-0.2, -0.15) is 0 Å². The molecule has 180 valence electrons. The molecule has 0 saturated carbocycles. The Morgan fingerprint density at radius 3 is 2.54 bits per heavy atom. The maximum absolute atomic E-state index is 13.4. The molecule has 1 aliphatic heterocycles. The fourth-order valence-corrected chi connectivity index (χ4v) is 4.25. The maximum Gasteiger partial charge on any atom is 0.259 e. The quantitative estimate of drug-likeness (QED) is 0.449. The van der Waals surface area contributed by atoms with Crippen molar-refractivity contribution in [1.29, 1.82) is 0 Å². The van der Waals surface area contributed by atoms with Gasteiger partial charge >= 0.3 is 0 Å². The van der Waals surface area contributed by atoms with Crippen LogP contribution in [0.3, 0.4) is 0 Å². The standard InChI is InChI=1S/C24H24F2N8O/c1-5-33-21(16-9-27-14(3)28-10-16)32-20-19(29-12-30-22(20)33)15-6-7-18-17(8-15)13(2)23(35)34(18)31-11-24(4,25)26/h6-10,12-13,31H,5,11H2,1-4H3. The van der Waals surface area contributed by atoms with Gasteiger partial charge in [-0.3, -0.25) is 4.79 Å². The van der Waals surface area contributed by atoms with E-state index >= 15 is 0 Å². The molecule has 1 aromatic carbocycles. The maximum atomic E-state index is 13.4. The largest absolute Gasteiger partial charge is 0.309 e. The lowest BCUT2D eigenvalue weighted by Crippen LogP contribution is -2.46. The van der Waals surface area contributed by atoms with Gasteiger partial charge in [0.2, 0.25) is 5.91 Å². The number of aryl methyl sites for hydroxylation is 2. The number of amides is 1. The van der Waals surface area contributed by atoms with Crippen LogP contribution < -0.4 is 10.4 Å². The monoisotopic (exact) mass is 478 g/mol. The summed E-state index contributed by atoms with van der Waals surface area (Å²) in [5.41, 5.74) is 7.28. The van der Waals surface area contributed by atoms with Crippen LogP contribution in [0.15, 0.2) is 36.9 Å². The van der Waals surface area contributed by atoms with Gasteiger partial charge in [-0.05, 0) is 38.5 Å². The highest BCUT2D eigenvalue weighted by molar-refractivity contribution is 6.04. The zero-order chi connectivity index (χ0) is 24.9. The minimum atomic E-state index is -2.95. The van der Waals surface area contributed by atoms with Crippen LogP contribution in [0.5, 0.6) is 0 Å². The Balaban J connectivity index is 1.59. The number of anilines is 1. The number of carbonyl (C=O) groups excluding carboxylic acids is 1. The summed E-state index contributed by atoms with van der Waals surface area (Å²) in [6, 6.07) is 5.42. The molecule has 35 heavy (non-hydrogen) atoms. The number of hydrazine groups is 1. The number of carbonyl (C=O) groups is 1. The topological polar surface area (TPSA) is 102 Å². The number of nitrogens with zero attached hydrogens (tertiary/aromatic N) is 7. The predicted molar refractivity (Wildman–Crippen MR) is 127 cm³/mol. The van der Waals surface area contributed by atoms with Gasteiger partial charge in [0.15, 0.2) is 5.65 Å². The molecule has 1 atom stereocenters. The Morgan fingerprint density at radius 1 is 1.11 bits per heavy atom. The molecule has 0 radical (unpaired) electrons. The van der Waals surface area contributed by atoms with Gasteiger partial charge in [-0.1, -0.05) is 6.07 Å². The number of rotatable bonds is 6. The van der Waals surface area contributed by atoms with Crippen LogP contribution >= 0.6 is 0 Å². The van der Waals surface area contributed by atoms with Crippen molar-refractivity contribution in [2.24, 2.45) is 0 Å². The first-order valence-electron chi connectivity index (χ1n) is 11.3. The van der Waals surface area contributed by atoms with Gasteiger partial charge in [-0.25, -0.2) is 44.1 Å². The molecule has 3 aromatic heterocycles. The fourth-order valence-electron chi connectivity index (χ4n) is 4.25. The third-order valence-corrected chi connectivity index (χ3v) is 6.03. The van der Waals surface area contributed by atoms with Gasteiger partial charge in [0.05, 0.1) is 23.7 Å². The molecule has 0 saturated heterocycles. The van der Waals surface area contributed by atoms with E-state index in [2.05, 4.69) is 25.4 Å². The van der Waals surface area contributed by atoms with Crippen molar-refractivity contribution >= 4 is 22.8 Å². The number of aromatic nitrogens is 6. The second-order valence-electron chi connectivity index (χ2n) is 8.67. The van der Waals surface area contributed by atoms with E-state index in [9.17, 15) is 13.6 Å². The molecule has 1 amide bonds. The predicted octanol–water partition coefficient (Wildman–Crippen LogP) is 3.89. The second-order valence-corrected chi connectivity index (χ2v) is 8.67. The summed E-state index contributed by atoms with van der Waals surface area (Å²) in [7, 11) is 0. The number of hydrogen-bond acceptors (Lipinski definition) is 7.